The standard InChI is InChI=1S/C17H26ClNO2.ClH/c1-19-4-2-3-14(10-19)21-15(20)16-6-12-5-13(7-16)9-17(18,8-12)11-16;/h12-14H,2-11H2,1H3;1H/p-1. The lowest BCUT2D eigenvalue weighted by Gasteiger charge is -2.58. The number of hydrogen-bond donors (Lipinski definition) is 0. The Bertz CT molecular complexity index is 442. The Labute approximate surface area is 144 Å². The van der Waals surface area contributed by atoms with E-state index < -0.39 is 0 Å². The fourth-order valence-electron chi connectivity index (χ4n) is 5.88. The summed E-state index contributed by atoms with van der Waals surface area (Å²) in [5, 5.41) is 0. The monoisotopic (exact) mass is 346 g/mol. The number of halogens is 2. The Balaban J connectivity index is 0.00000144. The third-order valence-corrected chi connectivity index (χ3v) is 6.72. The van der Waals surface area contributed by atoms with E-state index in [2.05, 4.69) is 11.9 Å². The van der Waals surface area contributed by atoms with Gasteiger partial charge >= 0.3 is 5.97 Å². The zero-order chi connectivity index (χ0) is 14.7. The maximum absolute atomic E-state index is 12.9. The van der Waals surface area contributed by atoms with Crippen LogP contribution in [-0.4, -0.2) is 42.0 Å². The SMILES string of the molecule is CN1CCCC(OC(=O)C23CC4CC(CC(Cl)(C4)C2)C3)C1.[Cl-]. The molecular weight excluding hydrogens is 321 g/mol. The van der Waals surface area contributed by atoms with Crippen LogP contribution in [-0.2, 0) is 9.53 Å². The summed E-state index contributed by atoms with van der Waals surface area (Å²) in [7, 11) is 2.11. The molecule has 4 aliphatic carbocycles. The molecular formula is C17H26Cl2NO2-. The average molecular weight is 347 g/mol. The molecule has 5 heteroatoms. The fourth-order valence-corrected chi connectivity index (χ4v) is 6.57. The number of esters is 1. The van der Waals surface area contributed by atoms with Gasteiger partial charge in [0.1, 0.15) is 6.10 Å². The topological polar surface area (TPSA) is 29.5 Å². The third-order valence-electron chi connectivity index (χ3n) is 6.28. The van der Waals surface area contributed by atoms with Crippen LogP contribution in [0.4, 0.5) is 0 Å². The summed E-state index contributed by atoms with van der Waals surface area (Å²) < 4.78 is 5.95. The van der Waals surface area contributed by atoms with Crippen LogP contribution in [0.3, 0.4) is 0 Å². The number of ether oxygens (including phenoxy) is 1. The smallest absolute Gasteiger partial charge is 0.312 e. The van der Waals surface area contributed by atoms with E-state index in [-0.39, 0.29) is 34.8 Å². The number of likely N-dealkylation sites (N-methyl/N-ethyl adjacent to an activating group) is 1. The summed E-state index contributed by atoms with van der Waals surface area (Å²) in [6, 6.07) is 0. The first-order chi connectivity index (χ1) is 9.96. The highest BCUT2D eigenvalue weighted by Gasteiger charge is 2.61. The van der Waals surface area contributed by atoms with Crippen LogP contribution in [0.15, 0.2) is 0 Å². The molecule has 4 bridgehead atoms. The molecule has 1 aliphatic heterocycles. The molecule has 5 rings (SSSR count). The summed E-state index contributed by atoms with van der Waals surface area (Å²) in [5.74, 6) is 1.39. The highest BCUT2D eigenvalue weighted by molar-refractivity contribution is 6.24. The number of rotatable bonds is 2. The predicted octanol–water partition coefficient (Wildman–Crippen LogP) is 0.206. The minimum Gasteiger partial charge on any atom is -1.00 e. The van der Waals surface area contributed by atoms with E-state index in [9.17, 15) is 4.79 Å². The van der Waals surface area contributed by atoms with Crippen molar-refractivity contribution in [2.75, 3.05) is 20.1 Å². The van der Waals surface area contributed by atoms with Crippen molar-refractivity contribution in [3.8, 4) is 0 Å². The van der Waals surface area contributed by atoms with E-state index in [4.69, 9.17) is 16.3 Å². The lowest BCUT2D eigenvalue weighted by atomic mass is 9.49. The Kier molecular flexibility index (Phi) is 4.46. The van der Waals surface area contributed by atoms with Crippen LogP contribution in [0.5, 0.6) is 0 Å². The van der Waals surface area contributed by atoms with Crippen molar-refractivity contribution < 1.29 is 21.9 Å². The summed E-state index contributed by atoms with van der Waals surface area (Å²) in [6.07, 6.45) is 8.68. The van der Waals surface area contributed by atoms with E-state index in [1.807, 2.05) is 0 Å². The van der Waals surface area contributed by atoms with Crippen LogP contribution in [0.2, 0.25) is 0 Å². The summed E-state index contributed by atoms with van der Waals surface area (Å²) >= 11 is 6.81. The van der Waals surface area contributed by atoms with E-state index in [1.165, 1.54) is 6.42 Å². The average Bonchev–Trinajstić information content (AvgIpc) is 2.35. The molecule has 0 amide bonds. The highest BCUT2D eigenvalue weighted by Crippen LogP contribution is 2.64. The van der Waals surface area contributed by atoms with Crippen molar-refractivity contribution >= 4 is 17.6 Å². The Morgan fingerprint density at radius 1 is 1.23 bits per heavy atom. The molecule has 1 heterocycles. The molecule has 0 aromatic carbocycles. The van der Waals surface area contributed by atoms with Crippen LogP contribution >= 0.6 is 11.6 Å². The molecule has 5 fully saturated rings. The molecule has 4 saturated carbocycles. The van der Waals surface area contributed by atoms with Crippen LogP contribution in [0.1, 0.15) is 51.4 Å². The van der Waals surface area contributed by atoms with Gasteiger partial charge in [0.2, 0.25) is 0 Å². The summed E-state index contributed by atoms with van der Waals surface area (Å²) in [6.45, 7) is 2.01. The molecule has 0 radical (unpaired) electrons. The molecule has 126 valence electrons. The van der Waals surface area contributed by atoms with Crippen molar-refractivity contribution in [2.45, 2.75) is 62.3 Å². The lowest BCUT2D eigenvalue weighted by molar-refractivity contribution is -0.177. The van der Waals surface area contributed by atoms with Crippen LogP contribution in [0, 0.1) is 17.3 Å². The number of carbonyl (C=O) groups excluding carboxylic acids is 1. The van der Waals surface area contributed by atoms with Gasteiger partial charge in [0, 0.05) is 11.4 Å². The number of alkyl halides is 1. The second-order valence-corrected chi connectivity index (χ2v) is 9.13. The number of piperidine rings is 1. The quantitative estimate of drug-likeness (QED) is 0.528. The highest BCUT2D eigenvalue weighted by atomic mass is 35.5. The van der Waals surface area contributed by atoms with Crippen molar-refractivity contribution in [1.29, 1.82) is 0 Å². The maximum atomic E-state index is 12.9. The molecule has 3 atom stereocenters. The van der Waals surface area contributed by atoms with Crippen molar-refractivity contribution in [2.24, 2.45) is 17.3 Å². The van der Waals surface area contributed by atoms with Crippen LogP contribution < -0.4 is 12.4 Å². The van der Waals surface area contributed by atoms with Gasteiger partial charge in [-0.05, 0) is 76.8 Å². The lowest BCUT2D eigenvalue weighted by Crippen LogP contribution is -3.00. The molecule has 0 aromatic heterocycles. The second-order valence-electron chi connectivity index (χ2n) is 8.32. The molecule has 0 aromatic rings. The first kappa shape index (κ1) is 16.9. The van der Waals surface area contributed by atoms with E-state index in [0.717, 1.165) is 58.0 Å². The van der Waals surface area contributed by atoms with Gasteiger partial charge in [0.05, 0.1) is 5.41 Å². The first-order valence-electron chi connectivity index (χ1n) is 8.55. The van der Waals surface area contributed by atoms with Gasteiger partial charge in [-0.2, -0.15) is 0 Å². The van der Waals surface area contributed by atoms with Gasteiger partial charge in [-0.1, -0.05) is 0 Å². The molecule has 5 aliphatic rings. The van der Waals surface area contributed by atoms with Gasteiger partial charge in [-0.25, -0.2) is 0 Å². The minimum absolute atomic E-state index is 0. The normalized spacial score (nSPS) is 47.1. The number of likely N-dealkylation sites (tertiary alicyclic amines) is 1. The molecule has 3 unspecified atom stereocenters. The molecule has 0 N–H and O–H groups in total. The first-order valence-corrected chi connectivity index (χ1v) is 8.93. The van der Waals surface area contributed by atoms with Gasteiger partial charge in [0.25, 0.3) is 0 Å². The predicted molar refractivity (Wildman–Crippen MR) is 82.3 cm³/mol. The number of carbonyl (C=O) groups is 1. The van der Waals surface area contributed by atoms with E-state index in [0.29, 0.717) is 11.8 Å². The van der Waals surface area contributed by atoms with Gasteiger partial charge in [0.15, 0.2) is 0 Å². The Morgan fingerprint density at radius 2 is 1.91 bits per heavy atom. The molecule has 3 nitrogen and oxygen atoms in total. The third kappa shape index (κ3) is 2.89. The van der Waals surface area contributed by atoms with Gasteiger partial charge < -0.3 is 22.0 Å². The molecule has 22 heavy (non-hydrogen) atoms. The number of hydrogen-bond acceptors (Lipinski definition) is 3. The maximum Gasteiger partial charge on any atom is 0.312 e. The summed E-state index contributed by atoms with van der Waals surface area (Å²) in [5.41, 5.74) is -0.248. The van der Waals surface area contributed by atoms with Gasteiger partial charge in [-0.15, -0.1) is 11.6 Å². The number of nitrogens with zero attached hydrogens (tertiary/aromatic N) is 1. The van der Waals surface area contributed by atoms with Crippen molar-refractivity contribution in [1.82, 2.24) is 4.90 Å². The zero-order valence-corrected chi connectivity index (χ0v) is 14.8. The zero-order valence-electron chi connectivity index (χ0n) is 13.3. The Hall–Kier alpha value is 0.01000. The Morgan fingerprint density at radius 3 is 2.50 bits per heavy atom. The van der Waals surface area contributed by atoms with E-state index >= 15 is 0 Å². The second kappa shape index (κ2) is 5.82. The van der Waals surface area contributed by atoms with Gasteiger partial charge in [-0.3, -0.25) is 4.79 Å². The largest absolute Gasteiger partial charge is 1.00 e. The van der Waals surface area contributed by atoms with E-state index in [1.54, 1.807) is 0 Å². The fraction of sp³-hybridized carbons (Fsp3) is 0.941. The van der Waals surface area contributed by atoms with Crippen molar-refractivity contribution in [3.05, 3.63) is 0 Å². The van der Waals surface area contributed by atoms with Crippen molar-refractivity contribution in [3.63, 3.8) is 0 Å². The van der Waals surface area contributed by atoms with Crippen LogP contribution in [0.25, 0.3) is 0 Å². The summed E-state index contributed by atoms with van der Waals surface area (Å²) in [4.78, 5) is 15.1. The molecule has 0 spiro atoms. The minimum atomic E-state index is -0.248. The molecule has 1 saturated heterocycles.